The third kappa shape index (κ3) is 9.25. The highest BCUT2D eigenvalue weighted by molar-refractivity contribution is 7.90. The molecule has 3 rings (SSSR count). The number of carbonyl (C=O) groups excluding carboxylic acids is 2. The Kier molecular flexibility index (Phi) is 11.4. The summed E-state index contributed by atoms with van der Waals surface area (Å²) in [4.78, 5) is 28.7. The van der Waals surface area contributed by atoms with E-state index in [0.717, 1.165) is 56.4 Å². The molecule has 0 radical (unpaired) electrons. The Morgan fingerprint density at radius 2 is 1.65 bits per heavy atom. The minimum Gasteiger partial charge on any atom is -0.381 e. The van der Waals surface area contributed by atoms with Gasteiger partial charge in [-0.3, -0.25) is 9.59 Å². The highest BCUT2D eigenvalue weighted by Gasteiger charge is 2.29. The molecular weight excluding hydrogens is 524 g/mol. The lowest BCUT2D eigenvalue weighted by molar-refractivity contribution is -0.120. The maximum Gasteiger partial charge on any atom is 0.264 e. The first kappa shape index (κ1) is 31.5. The van der Waals surface area contributed by atoms with E-state index < -0.39 is 22.0 Å². The second kappa shape index (κ2) is 14.5. The molecule has 2 amide bonds. The van der Waals surface area contributed by atoms with Crippen LogP contribution in [-0.2, 0) is 14.8 Å². The van der Waals surface area contributed by atoms with Gasteiger partial charge in [-0.25, -0.2) is 13.1 Å². The summed E-state index contributed by atoms with van der Waals surface area (Å²) in [6.45, 7) is 9.43. The Morgan fingerprint density at radius 3 is 2.27 bits per heavy atom. The maximum absolute atomic E-state index is 13.5. The molecule has 0 bridgehead atoms. The molecule has 1 aliphatic carbocycles. The summed E-state index contributed by atoms with van der Waals surface area (Å²) in [5, 5.41) is 6.57. The highest BCUT2D eigenvalue weighted by atomic mass is 32.2. The molecule has 0 heterocycles. The SMILES string of the molecule is CC(C)CCN(C)c1ccc(C(=O)NC(CC(=O)NS(=O)(=O)c2ccccc2)C2CCCCC2)cc1NC(C)C. The summed E-state index contributed by atoms with van der Waals surface area (Å²) in [7, 11) is -1.92. The largest absolute Gasteiger partial charge is 0.381 e. The Labute approximate surface area is 240 Å². The van der Waals surface area contributed by atoms with E-state index in [1.807, 2.05) is 18.2 Å². The van der Waals surface area contributed by atoms with Gasteiger partial charge < -0.3 is 15.5 Å². The van der Waals surface area contributed by atoms with E-state index in [4.69, 9.17) is 0 Å². The van der Waals surface area contributed by atoms with Crippen molar-refractivity contribution < 1.29 is 18.0 Å². The molecule has 1 fully saturated rings. The van der Waals surface area contributed by atoms with Crippen LogP contribution in [0.5, 0.6) is 0 Å². The molecular formula is C31H46N4O4S. The molecule has 0 aliphatic heterocycles. The molecule has 1 unspecified atom stereocenters. The summed E-state index contributed by atoms with van der Waals surface area (Å²) >= 11 is 0. The quantitative estimate of drug-likeness (QED) is 0.291. The summed E-state index contributed by atoms with van der Waals surface area (Å²) in [6.07, 6.45) is 5.93. The minimum atomic E-state index is -3.98. The van der Waals surface area contributed by atoms with Crippen molar-refractivity contribution in [3.05, 3.63) is 54.1 Å². The zero-order chi connectivity index (χ0) is 29.3. The smallest absolute Gasteiger partial charge is 0.264 e. The summed E-state index contributed by atoms with van der Waals surface area (Å²) in [5.74, 6) is -0.190. The number of hydrogen-bond donors (Lipinski definition) is 3. The molecule has 1 atom stereocenters. The molecule has 0 saturated heterocycles. The molecule has 3 N–H and O–H groups in total. The fraction of sp³-hybridized carbons (Fsp3) is 0.548. The first-order valence-electron chi connectivity index (χ1n) is 14.5. The van der Waals surface area contributed by atoms with Crippen LogP contribution in [0, 0.1) is 11.8 Å². The van der Waals surface area contributed by atoms with Crippen molar-refractivity contribution in [2.75, 3.05) is 23.8 Å². The third-order valence-electron chi connectivity index (χ3n) is 7.40. The predicted octanol–water partition coefficient (Wildman–Crippen LogP) is 5.56. The van der Waals surface area contributed by atoms with E-state index in [-0.39, 0.29) is 29.2 Å². The summed E-state index contributed by atoms with van der Waals surface area (Å²) < 4.78 is 27.6. The van der Waals surface area contributed by atoms with Gasteiger partial charge in [0, 0.05) is 37.7 Å². The van der Waals surface area contributed by atoms with Crippen molar-refractivity contribution in [1.29, 1.82) is 0 Å². The van der Waals surface area contributed by atoms with E-state index in [9.17, 15) is 18.0 Å². The molecule has 0 aromatic heterocycles. The second-order valence-corrected chi connectivity index (χ2v) is 13.3. The second-order valence-electron chi connectivity index (χ2n) is 11.7. The average molecular weight is 571 g/mol. The first-order valence-corrected chi connectivity index (χ1v) is 16.0. The van der Waals surface area contributed by atoms with Gasteiger partial charge in [-0.2, -0.15) is 0 Å². The Bertz CT molecular complexity index is 1230. The summed E-state index contributed by atoms with van der Waals surface area (Å²) in [5.41, 5.74) is 2.41. The van der Waals surface area contributed by atoms with Crippen LogP contribution in [0.4, 0.5) is 11.4 Å². The number of rotatable bonds is 13. The lowest BCUT2D eigenvalue weighted by atomic mass is 9.82. The first-order chi connectivity index (χ1) is 19.0. The van der Waals surface area contributed by atoms with Crippen LogP contribution in [-0.4, -0.2) is 45.9 Å². The van der Waals surface area contributed by atoms with E-state index in [1.165, 1.54) is 12.1 Å². The Balaban J connectivity index is 1.78. The molecule has 2 aromatic carbocycles. The van der Waals surface area contributed by atoms with Gasteiger partial charge in [-0.1, -0.05) is 51.3 Å². The lowest BCUT2D eigenvalue weighted by Gasteiger charge is -2.31. The zero-order valence-corrected chi connectivity index (χ0v) is 25.4. The molecule has 8 nitrogen and oxygen atoms in total. The molecule has 1 saturated carbocycles. The number of nitrogens with one attached hydrogen (secondary N) is 3. The normalized spacial score (nSPS) is 15.1. The van der Waals surface area contributed by atoms with Crippen LogP contribution < -0.4 is 20.3 Å². The monoisotopic (exact) mass is 570 g/mol. The van der Waals surface area contributed by atoms with Gasteiger partial charge in [0.1, 0.15) is 0 Å². The zero-order valence-electron chi connectivity index (χ0n) is 24.6. The number of sulfonamides is 1. The van der Waals surface area contributed by atoms with Crippen LogP contribution in [0.1, 0.15) is 83.0 Å². The van der Waals surface area contributed by atoms with E-state index in [0.29, 0.717) is 11.5 Å². The van der Waals surface area contributed by atoms with Crippen molar-refractivity contribution in [2.45, 2.75) is 89.6 Å². The fourth-order valence-electron chi connectivity index (χ4n) is 5.18. The number of hydrogen-bond acceptors (Lipinski definition) is 6. The topological polar surface area (TPSA) is 108 Å². The lowest BCUT2D eigenvalue weighted by Crippen LogP contribution is -2.45. The van der Waals surface area contributed by atoms with Crippen LogP contribution in [0.15, 0.2) is 53.4 Å². The molecule has 220 valence electrons. The Morgan fingerprint density at radius 1 is 0.975 bits per heavy atom. The van der Waals surface area contributed by atoms with E-state index in [2.05, 4.69) is 55.0 Å². The molecule has 2 aromatic rings. The van der Waals surface area contributed by atoms with Crippen LogP contribution >= 0.6 is 0 Å². The fourth-order valence-corrected chi connectivity index (χ4v) is 6.20. The van der Waals surface area contributed by atoms with Gasteiger partial charge >= 0.3 is 0 Å². The molecule has 1 aliphatic rings. The van der Waals surface area contributed by atoms with Gasteiger partial charge in [0.15, 0.2) is 0 Å². The standard InChI is InChI=1S/C31H46N4O4S/c1-22(2)18-19-35(5)29-17-16-25(20-28(29)32-23(3)4)31(37)33-27(24-12-8-6-9-13-24)21-30(36)34-40(38,39)26-14-10-7-11-15-26/h7,10-11,14-17,20,22-24,27,32H,6,8-9,12-13,18-19,21H2,1-5H3,(H,33,37)(H,34,36). The van der Waals surface area contributed by atoms with E-state index >= 15 is 0 Å². The predicted molar refractivity (Wildman–Crippen MR) is 162 cm³/mol. The van der Waals surface area contributed by atoms with Crippen molar-refractivity contribution in [1.82, 2.24) is 10.0 Å². The maximum atomic E-state index is 13.5. The van der Waals surface area contributed by atoms with Gasteiger partial charge in [-0.15, -0.1) is 0 Å². The van der Waals surface area contributed by atoms with Crippen LogP contribution in [0.2, 0.25) is 0 Å². The van der Waals surface area contributed by atoms with Crippen LogP contribution in [0.3, 0.4) is 0 Å². The van der Waals surface area contributed by atoms with E-state index in [1.54, 1.807) is 18.2 Å². The van der Waals surface area contributed by atoms with Gasteiger partial charge in [0.2, 0.25) is 5.91 Å². The van der Waals surface area contributed by atoms with Crippen molar-refractivity contribution >= 4 is 33.2 Å². The molecule has 0 spiro atoms. The molecule has 40 heavy (non-hydrogen) atoms. The highest BCUT2D eigenvalue weighted by Crippen LogP contribution is 2.30. The van der Waals surface area contributed by atoms with Crippen molar-refractivity contribution in [2.24, 2.45) is 11.8 Å². The van der Waals surface area contributed by atoms with Crippen molar-refractivity contribution in [3.63, 3.8) is 0 Å². The van der Waals surface area contributed by atoms with Crippen molar-refractivity contribution in [3.8, 4) is 0 Å². The summed E-state index contributed by atoms with van der Waals surface area (Å²) in [6, 6.07) is 13.2. The minimum absolute atomic E-state index is 0.0326. The van der Waals surface area contributed by atoms with Crippen LogP contribution in [0.25, 0.3) is 0 Å². The number of carbonyl (C=O) groups is 2. The number of nitrogens with zero attached hydrogens (tertiary/aromatic N) is 1. The number of amides is 2. The van der Waals surface area contributed by atoms with Gasteiger partial charge in [0.25, 0.3) is 15.9 Å². The average Bonchev–Trinajstić information content (AvgIpc) is 2.91. The number of anilines is 2. The number of benzene rings is 2. The van der Waals surface area contributed by atoms with Gasteiger partial charge in [0.05, 0.1) is 16.3 Å². The van der Waals surface area contributed by atoms with Gasteiger partial charge in [-0.05, 0) is 75.3 Å². The third-order valence-corrected chi connectivity index (χ3v) is 8.79. The molecule has 9 heteroatoms. The Hall–Kier alpha value is -3.07.